The predicted molar refractivity (Wildman–Crippen MR) is 198 cm³/mol. The quantitative estimate of drug-likeness (QED) is 0.177. The number of thiophene rings is 1. The zero-order chi connectivity index (χ0) is 29.5. The molecule has 0 amide bonds. The second-order valence-corrected chi connectivity index (χ2v) is 13.1. The lowest BCUT2D eigenvalue weighted by Gasteiger charge is -2.18. The molecule has 1 aromatic heterocycles. The molecule has 0 bridgehead atoms. The first kappa shape index (κ1) is 24.9. The second kappa shape index (κ2) is 9.50. The highest BCUT2D eigenvalue weighted by atomic mass is 32.1. The lowest BCUT2D eigenvalue weighted by Crippen LogP contribution is -1.90. The van der Waals surface area contributed by atoms with Crippen molar-refractivity contribution in [3.8, 4) is 22.3 Å². The van der Waals surface area contributed by atoms with Crippen LogP contribution < -0.4 is 0 Å². The van der Waals surface area contributed by atoms with Gasteiger partial charge in [-0.3, -0.25) is 0 Å². The SMILES string of the molecule is c1ccc(-c2ccc3c(c2)c2ccccc2c2c4ccc(-c5cccc6sc7ccccc7c56)cc4c4ccccc4c32)cc1. The maximum Gasteiger partial charge on any atom is 0.0361 e. The monoisotopic (exact) mass is 586 g/mol. The molecule has 10 aromatic rings. The van der Waals surface area contributed by atoms with Crippen LogP contribution in [0.1, 0.15) is 0 Å². The van der Waals surface area contributed by atoms with E-state index in [-0.39, 0.29) is 0 Å². The van der Waals surface area contributed by atoms with Gasteiger partial charge in [0.2, 0.25) is 0 Å². The van der Waals surface area contributed by atoms with E-state index in [0.717, 1.165) is 0 Å². The molecule has 0 saturated carbocycles. The van der Waals surface area contributed by atoms with Gasteiger partial charge in [0.05, 0.1) is 0 Å². The standard InChI is InChI=1S/C44H26S/c1-2-11-27(12-3-1)28-21-23-35-38(25-28)31-13-4-6-15-33(31)44-36-24-22-29(26-39(36)32-14-5-7-16-34(32)43(35)44)30-18-10-20-41-42(30)37-17-8-9-19-40(37)45-41/h1-26H. The van der Waals surface area contributed by atoms with Crippen molar-refractivity contribution in [2.75, 3.05) is 0 Å². The highest BCUT2D eigenvalue weighted by Crippen LogP contribution is 2.46. The summed E-state index contributed by atoms with van der Waals surface area (Å²) in [5.74, 6) is 0. The molecule has 0 spiro atoms. The van der Waals surface area contributed by atoms with Crippen LogP contribution in [-0.2, 0) is 0 Å². The molecule has 0 unspecified atom stereocenters. The van der Waals surface area contributed by atoms with E-state index < -0.39 is 0 Å². The van der Waals surface area contributed by atoms with Crippen molar-refractivity contribution in [1.29, 1.82) is 0 Å². The summed E-state index contributed by atoms with van der Waals surface area (Å²) in [5.41, 5.74) is 5.05. The topological polar surface area (TPSA) is 0 Å². The summed E-state index contributed by atoms with van der Waals surface area (Å²) in [6.07, 6.45) is 0. The van der Waals surface area contributed by atoms with E-state index in [9.17, 15) is 0 Å². The molecule has 0 atom stereocenters. The molecule has 0 radical (unpaired) electrons. The third-order valence-electron chi connectivity index (χ3n) is 9.62. The summed E-state index contributed by atoms with van der Waals surface area (Å²) in [6.45, 7) is 0. The molecule has 0 aliphatic carbocycles. The van der Waals surface area contributed by atoms with Crippen LogP contribution in [0.4, 0.5) is 0 Å². The Morgan fingerprint density at radius 2 is 0.778 bits per heavy atom. The van der Waals surface area contributed by atoms with E-state index >= 15 is 0 Å². The molecule has 0 nitrogen and oxygen atoms in total. The first-order chi connectivity index (χ1) is 22.3. The number of fused-ring (bicyclic) bond motifs is 14. The molecular formula is C44H26S. The van der Waals surface area contributed by atoms with Crippen LogP contribution in [0.15, 0.2) is 158 Å². The fraction of sp³-hybridized carbons (Fsp3) is 0. The van der Waals surface area contributed by atoms with Gasteiger partial charge >= 0.3 is 0 Å². The van der Waals surface area contributed by atoms with Crippen LogP contribution in [-0.4, -0.2) is 0 Å². The summed E-state index contributed by atoms with van der Waals surface area (Å²) in [7, 11) is 0. The van der Waals surface area contributed by atoms with Gasteiger partial charge in [-0.15, -0.1) is 11.3 Å². The van der Waals surface area contributed by atoms with Gasteiger partial charge in [-0.25, -0.2) is 0 Å². The fourth-order valence-electron chi connectivity index (χ4n) is 7.66. The molecule has 0 aliphatic heterocycles. The van der Waals surface area contributed by atoms with Crippen molar-refractivity contribution in [3.63, 3.8) is 0 Å². The molecule has 0 N–H and O–H groups in total. The van der Waals surface area contributed by atoms with Crippen molar-refractivity contribution >= 4 is 85.4 Å². The largest absolute Gasteiger partial charge is 0.135 e. The minimum atomic E-state index is 1.24. The van der Waals surface area contributed by atoms with Crippen molar-refractivity contribution in [2.45, 2.75) is 0 Å². The molecule has 0 saturated heterocycles. The van der Waals surface area contributed by atoms with Gasteiger partial charge in [-0.1, -0.05) is 133 Å². The van der Waals surface area contributed by atoms with E-state index in [0.29, 0.717) is 0 Å². The van der Waals surface area contributed by atoms with Crippen LogP contribution in [0.25, 0.3) is 96.3 Å². The summed E-state index contributed by atoms with van der Waals surface area (Å²) in [6, 6.07) is 58.4. The van der Waals surface area contributed by atoms with Crippen molar-refractivity contribution in [2.24, 2.45) is 0 Å². The number of benzene rings is 9. The Labute approximate surface area is 264 Å². The minimum absolute atomic E-state index is 1.24. The molecule has 0 aliphatic rings. The van der Waals surface area contributed by atoms with Crippen LogP contribution in [0.2, 0.25) is 0 Å². The first-order valence-corrected chi connectivity index (χ1v) is 16.3. The highest BCUT2D eigenvalue weighted by Gasteiger charge is 2.18. The number of hydrogen-bond acceptors (Lipinski definition) is 1. The Morgan fingerprint density at radius 3 is 1.47 bits per heavy atom. The Bertz CT molecular complexity index is 2800. The van der Waals surface area contributed by atoms with Gasteiger partial charge in [0.25, 0.3) is 0 Å². The molecule has 1 heteroatoms. The van der Waals surface area contributed by atoms with Crippen LogP contribution >= 0.6 is 11.3 Å². The van der Waals surface area contributed by atoms with E-state index in [4.69, 9.17) is 0 Å². The van der Waals surface area contributed by atoms with Crippen LogP contribution in [0, 0.1) is 0 Å². The fourth-order valence-corrected chi connectivity index (χ4v) is 8.80. The normalized spacial score (nSPS) is 12.0. The lowest BCUT2D eigenvalue weighted by molar-refractivity contribution is 1.65. The van der Waals surface area contributed by atoms with E-state index in [1.165, 1.54) is 96.3 Å². The van der Waals surface area contributed by atoms with Crippen molar-refractivity contribution in [3.05, 3.63) is 158 Å². The van der Waals surface area contributed by atoms with E-state index in [1.54, 1.807) is 0 Å². The third kappa shape index (κ3) is 3.59. The first-order valence-electron chi connectivity index (χ1n) is 15.5. The second-order valence-electron chi connectivity index (χ2n) is 12.0. The number of hydrogen-bond donors (Lipinski definition) is 0. The molecule has 0 fully saturated rings. The molecule has 1 heterocycles. The minimum Gasteiger partial charge on any atom is -0.135 e. The predicted octanol–water partition coefficient (Wildman–Crippen LogP) is 13.2. The zero-order valence-electron chi connectivity index (χ0n) is 24.4. The smallest absolute Gasteiger partial charge is 0.0361 e. The lowest BCUT2D eigenvalue weighted by atomic mass is 9.85. The molecule has 9 aromatic carbocycles. The van der Waals surface area contributed by atoms with Gasteiger partial charge in [0, 0.05) is 20.2 Å². The van der Waals surface area contributed by atoms with Crippen molar-refractivity contribution < 1.29 is 0 Å². The number of rotatable bonds is 2. The Balaban J connectivity index is 1.34. The Hall–Kier alpha value is -5.50. The van der Waals surface area contributed by atoms with Gasteiger partial charge in [0.1, 0.15) is 0 Å². The summed E-state index contributed by atoms with van der Waals surface area (Å²) < 4.78 is 2.68. The summed E-state index contributed by atoms with van der Waals surface area (Å²) >= 11 is 1.88. The molecule has 208 valence electrons. The Morgan fingerprint density at radius 1 is 0.267 bits per heavy atom. The van der Waals surface area contributed by atoms with E-state index in [2.05, 4.69) is 158 Å². The molecule has 10 rings (SSSR count). The average molecular weight is 587 g/mol. The summed E-state index contributed by atoms with van der Waals surface area (Å²) in [4.78, 5) is 0. The molecular weight excluding hydrogens is 561 g/mol. The maximum absolute atomic E-state index is 2.44. The average Bonchev–Trinajstić information content (AvgIpc) is 3.50. The van der Waals surface area contributed by atoms with E-state index in [1.807, 2.05) is 11.3 Å². The highest BCUT2D eigenvalue weighted by molar-refractivity contribution is 7.25. The van der Waals surface area contributed by atoms with Crippen LogP contribution in [0.5, 0.6) is 0 Å². The van der Waals surface area contributed by atoms with Gasteiger partial charge < -0.3 is 0 Å². The van der Waals surface area contributed by atoms with Gasteiger partial charge in [-0.05, 0) is 100 Å². The Kier molecular flexibility index (Phi) is 5.25. The molecule has 45 heavy (non-hydrogen) atoms. The maximum atomic E-state index is 2.44. The third-order valence-corrected chi connectivity index (χ3v) is 10.8. The zero-order valence-corrected chi connectivity index (χ0v) is 25.2. The van der Waals surface area contributed by atoms with Crippen LogP contribution in [0.3, 0.4) is 0 Å². The van der Waals surface area contributed by atoms with Gasteiger partial charge in [0.15, 0.2) is 0 Å². The van der Waals surface area contributed by atoms with Gasteiger partial charge in [-0.2, -0.15) is 0 Å². The van der Waals surface area contributed by atoms with Crippen molar-refractivity contribution in [1.82, 2.24) is 0 Å². The summed E-state index contributed by atoms with van der Waals surface area (Å²) in [5, 5.41) is 15.8.